The standard InChI is InChI=1S/C20H19ClN2O4S/c1-11-12(2)28-19(18(11)20(25)26-3)23-16(24)8-9-17-22-10-15(27-17)13-4-6-14(21)7-5-13/h4-7,10H,8-9H2,1-3H3,(H,23,24). The molecule has 1 aromatic carbocycles. The van der Waals surface area contributed by atoms with E-state index in [9.17, 15) is 9.59 Å². The third kappa shape index (κ3) is 4.43. The fourth-order valence-corrected chi connectivity index (χ4v) is 3.84. The number of halogens is 1. The Morgan fingerprint density at radius 1 is 1.25 bits per heavy atom. The van der Waals surface area contributed by atoms with Crippen molar-refractivity contribution in [3.8, 4) is 11.3 Å². The van der Waals surface area contributed by atoms with E-state index in [-0.39, 0.29) is 12.3 Å². The molecule has 1 N–H and O–H groups in total. The van der Waals surface area contributed by atoms with Gasteiger partial charge >= 0.3 is 5.97 Å². The number of nitrogens with one attached hydrogen (secondary N) is 1. The number of nitrogens with zero attached hydrogens (tertiary/aromatic N) is 1. The Labute approximate surface area is 171 Å². The van der Waals surface area contributed by atoms with Gasteiger partial charge in [-0.2, -0.15) is 0 Å². The first-order valence-electron chi connectivity index (χ1n) is 8.58. The van der Waals surface area contributed by atoms with Crippen molar-refractivity contribution in [2.45, 2.75) is 26.7 Å². The number of benzene rings is 1. The Balaban J connectivity index is 1.63. The van der Waals surface area contributed by atoms with E-state index in [0.29, 0.717) is 33.7 Å². The van der Waals surface area contributed by atoms with Crippen LogP contribution in [-0.2, 0) is 16.0 Å². The van der Waals surface area contributed by atoms with Gasteiger partial charge in [0.25, 0.3) is 0 Å². The molecular weight excluding hydrogens is 400 g/mol. The highest BCUT2D eigenvalue weighted by Gasteiger charge is 2.21. The smallest absolute Gasteiger partial charge is 0.341 e. The summed E-state index contributed by atoms with van der Waals surface area (Å²) in [5, 5.41) is 3.94. The minimum absolute atomic E-state index is 0.178. The largest absolute Gasteiger partial charge is 0.465 e. The molecule has 0 radical (unpaired) electrons. The third-order valence-corrected chi connectivity index (χ3v) is 5.65. The number of carbonyl (C=O) groups is 2. The molecule has 28 heavy (non-hydrogen) atoms. The lowest BCUT2D eigenvalue weighted by Gasteiger charge is -2.05. The number of oxazole rings is 1. The summed E-state index contributed by atoms with van der Waals surface area (Å²) < 4.78 is 10.5. The van der Waals surface area contributed by atoms with E-state index in [1.54, 1.807) is 18.3 Å². The molecular formula is C20H19ClN2O4S. The number of ether oxygens (including phenoxy) is 1. The topological polar surface area (TPSA) is 81.4 Å². The molecule has 6 nitrogen and oxygen atoms in total. The average molecular weight is 419 g/mol. The quantitative estimate of drug-likeness (QED) is 0.567. The van der Waals surface area contributed by atoms with Gasteiger partial charge in [-0.15, -0.1) is 11.3 Å². The van der Waals surface area contributed by atoms with E-state index >= 15 is 0 Å². The normalized spacial score (nSPS) is 10.7. The van der Waals surface area contributed by atoms with E-state index in [1.165, 1.54) is 18.4 Å². The second-order valence-corrected chi connectivity index (χ2v) is 7.81. The number of esters is 1. The number of aryl methyl sites for hydroxylation is 2. The van der Waals surface area contributed by atoms with Crippen LogP contribution in [-0.4, -0.2) is 24.0 Å². The van der Waals surface area contributed by atoms with Gasteiger partial charge in [-0.25, -0.2) is 9.78 Å². The highest BCUT2D eigenvalue weighted by Crippen LogP contribution is 2.33. The number of carbonyl (C=O) groups excluding carboxylic acids is 2. The van der Waals surface area contributed by atoms with Gasteiger partial charge in [-0.05, 0) is 43.7 Å². The first-order valence-corrected chi connectivity index (χ1v) is 9.77. The van der Waals surface area contributed by atoms with E-state index in [2.05, 4.69) is 10.3 Å². The molecule has 0 aliphatic carbocycles. The van der Waals surface area contributed by atoms with Crippen LogP contribution in [0.3, 0.4) is 0 Å². The molecule has 0 unspecified atom stereocenters. The van der Waals surface area contributed by atoms with Gasteiger partial charge in [0.15, 0.2) is 11.7 Å². The summed E-state index contributed by atoms with van der Waals surface area (Å²) in [6.45, 7) is 3.73. The highest BCUT2D eigenvalue weighted by molar-refractivity contribution is 7.16. The van der Waals surface area contributed by atoms with Crippen molar-refractivity contribution in [3.05, 3.63) is 57.4 Å². The van der Waals surface area contributed by atoms with E-state index in [1.807, 2.05) is 26.0 Å². The summed E-state index contributed by atoms with van der Waals surface area (Å²) in [4.78, 5) is 29.5. The number of hydrogen-bond donors (Lipinski definition) is 1. The number of methoxy groups -OCH3 is 1. The molecule has 0 aliphatic rings. The van der Waals surface area contributed by atoms with Gasteiger partial charge in [-0.1, -0.05) is 11.6 Å². The van der Waals surface area contributed by atoms with Crippen molar-refractivity contribution in [1.82, 2.24) is 4.98 Å². The molecule has 0 aliphatic heterocycles. The first-order chi connectivity index (χ1) is 13.4. The van der Waals surface area contributed by atoms with Crippen LogP contribution in [0, 0.1) is 13.8 Å². The Hall–Kier alpha value is -2.64. The van der Waals surface area contributed by atoms with Gasteiger partial charge in [0.1, 0.15) is 5.00 Å². The van der Waals surface area contributed by atoms with Crippen LogP contribution in [0.5, 0.6) is 0 Å². The molecule has 0 spiro atoms. The first kappa shape index (κ1) is 20.1. The van der Waals surface area contributed by atoms with Crippen LogP contribution in [0.15, 0.2) is 34.9 Å². The van der Waals surface area contributed by atoms with E-state index < -0.39 is 5.97 Å². The zero-order valence-electron chi connectivity index (χ0n) is 15.7. The van der Waals surface area contributed by atoms with Crippen molar-refractivity contribution in [2.24, 2.45) is 0 Å². The summed E-state index contributed by atoms with van der Waals surface area (Å²) in [5.41, 5.74) is 2.08. The van der Waals surface area contributed by atoms with Crippen LogP contribution in [0.1, 0.15) is 33.1 Å². The maximum atomic E-state index is 12.3. The number of aromatic nitrogens is 1. The second-order valence-electron chi connectivity index (χ2n) is 6.15. The maximum Gasteiger partial charge on any atom is 0.341 e. The van der Waals surface area contributed by atoms with Crippen LogP contribution in [0.2, 0.25) is 5.02 Å². The predicted octanol–water partition coefficient (Wildman–Crippen LogP) is 5.03. The van der Waals surface area contributed by atoms with Gasteiger partial charge in [0.2, 0.25) is 5.91 Å². The number of thiophene rings is 1. The van der Waals surface area contributed by atoms with E-state index in [4.69, 9.17) is 20.8 Å². The summed E-state index contributed by atoms with van der Waals surface area (Å²) in [7, 11) is 1.32. The van der Waals surface area contributed by atoms with Crippen molar-refractivity contribution in [3.63, 3.8) is 0 Å². The van der Waals surface area contributed by atoms with Crippen molar-refractivity contribution < 1.29 is 18.7 Å². The predicted molar refractivity (Wildman–Crippen MR) is 109 cm³/mol. The molecule has 3 aromatic rings. The lowest BCUT2D eigenvalue weighted by atomic mass is 10.1. The van der Waals surface area contributed by atoms with Crippen molar-refractivity contribution in [2.75, 3.05) is 12.4 Å². The Morgan fingerprint density at radius 2 is 1.96 bits per heavy atom. The minimum atomic E-state index is -0.461. The molecule has 2 aromatic heterocycles. The Morgan fingerprint density at radius 3 is 2.64 bits per heavy atom. The summed E-state index contributed by atoms with van der Waals surface area (Å²) in [6.07, 6.45) is 2.14. The minimum Gasteiger partial charge on any atom is -0.465 e. The highest BCUT2D eigenvalue weighted by atomic mass is 35.5. The Kier molecular flexibility index (Phi) is 6.16. The average Bonchev–Trinajstić information content (AvgIpc) is 3.25. The SMILES string of the molecule is COC(=O)c1c(NC(=O)CCc2ncc(-c3ccc(Cl)cc3)o2)sc(C)c1C. The van der Waals surface area contributed by atoms with Gasteiger partial charge in [0.05, 0.1) is 18.9 Å². The molecule has 3 rings (SSSR count). The molecule has 0 atom stereocenters. The zero-order chi connectivity index (χ0) is 20.3. The number of anilines is 1. The fraction of sp³-hybridized carbons (Fsp3) is 0.250. The summed E-state index contributed by atoms with van der Waals surface area (Å²) >= 11 is 7.24. The second kappa shape index (κ2) is 8.58. The third-order valence-electron chi connectivity index (χ3n) is 4.28. The molecule has 1 amide bonds. The zero-order valence-corrected chi connectivity index (χ0v) is 17.2. The molecule has 0 saturated carbocycles. The van der Waals surface area contributed by atoms with Crippen LogP contribution >= 0.6 is 22.9 Å². The summed E-state index contributed by atoms with van der Waals surface area (Å²) in [6, 6.07) is 7.23. The van der Waals surface area contributed by atoms with Gasteiger partial charge in [0, 0.05) is 28.3 Å². The summed E-state index contributed by atoms with van der Waals surface area (Å²) in [5.74, 6) is 0.395. The van der Waals surface area contributed by atoms with Crippen LogP contribution in [0.25, 0.3) is 11.3 Å². The molecule has 2 heterocycles. The van der Waals surface area contributed by atoms with Crippen LogP contribution < -0.4 is 5.32 Å². The monoisotopic (exact) mass is 418 g/mol. The van der Waals surface area contributed by atoms with E-state index in [0.717, 1.165) is 16.0 Å². The van der Waals surface area contributed by atoms with Gasteiger partial charge < -0.3 is 14.5 Å². The van der Waals surface area contributed by atoms with Crippen molar-refractivity contribution in [1.29, 1.82) is 0 Å². The lowest BCUT2D eigenvalue weighted by Crippen LogP contribution is -2.14. The maximum absolute atomic E-state index is 12.3. The number of amides is 1. The molecule has 8 heteroatoms. The molecule has 146 valence electrons. The van der Waals surface area contributed by atoms with Gasteiger partial charge in [-0.3, -0.25) is 4.79 Å². The lowest BCUT2D eigenvalue weighted by molar-refractivity contribution is -0.116. The Bertz CT molecular complexity index is 1010. The van der Waals surface area contributed by atoms with Crippen LogP contribution in [0.4, 0.5) is 5.00 Å². The van der Waals surface area contributed by atoms with Crippen molar-refractivity contribution >= 4 is 39.8 Å². The molecule has 0 bridgehead atoms. The number of rotatable bonds is 6. The fourth-order valence-electron chi connectivity index (χ4n) is 2.65. The molecule has 0 fully saturated rings. The molecule has 0 saturated heterocycles. The number of hydrogen-bond acceptors (Lipinski definition) is 6.